The van der Waals surface area contributed by atoms with Crippen molar-refractivity contribution in [3.8, 4) is 0 Å². The molecule has 1 heterocycles. The number of nitrogens with zero attached hydrogens (tertiary/aromatic N) is 4. The Bertz CT molecular complexity index is 684. The summed E-state index contributed by atoms with van der Waals surface area (Å²) in [5.41, 5.74) is 1.25. The molecule has 0 radical (unpaired) electrons. The van der Waals surface area contributed by atoms with E-state index in [1.807, 2.05) is 12.1 Å². The number of aromatic nitrogens is 3. The van der Waals surface area contributed by atoms with Crippen molar-refractivity contribution in [1.29, 1.82) is 0 Å². The van der Waals surface area contributed by atoms with E-state index in [4.69, 9.17) is 11.6 Å². The Kier molecular flexibility index (Phi) is 11.3. The van der Waals surface area contributed by atoms with E-state index in [0.29, 0.717) is 5.92 Å². The molecule has 0 spiro atoms. The standard InChI is InChI=1S/C19H29ClN6.HI/c1-4-18-25-24-14-26(18)12-11-22-19(23-13-15(2)3)21-10-9-16-5-7-17(20)8-6-16;/h5-8,14-15H,4,9-13H2,1-3H3,(H2,21,22,23);1H. The van der Waals surface area contributed by atoms with E-state index in [0.717, 1.165) is 55.8 Å². The van der Waals surface area contributed by atoms with Gasteiger partial charge in [-0.2, -0.15) is 0 Å². The van der Waals surface area contributed by atoms with Gasteiger partial charge in [-0.1, -0.05) is 44.5 Å². The molecule has 0 aliphatic rings. The summed E-state index contributed by atoms with van der Waals surface area (Å²) in [6.07, 6.45) is 3.58. The highest BCUT2D eigenvalue weighted by Gasteiger charge is 2.03. The van der Waals surface area contributed by atoms with Gasteiger partial charge >= 0.3 is 0 Å². The van der Waals surface area contributed by atoms with E-state index in [1.165, 1.54) is 5.56 Å². The molecule has 0 aliphatic carbocycles. The molecule has 0 fully saturated rings. The molecule has 0 saturated carbocycles. The van der Waals surface area contributed by atoms with Crippen molar-refractivity contribution in [1.82, 2.24) is 25.4 Å². The Morgan fingerprint density at radius 2 is 1.89 bits per heavy atom. The molecule has 8 heteroatoms. The minimum atomic E-state index is 0. The second kappa shape index (κ2) is 12.9. The lowest BCUT2D eigenvalue weighted by Crippen LogP contribution is -2.40. The number of aliphatic imine (C=N–C) groups is 1. The normalized spacial score (nSPS) is 11.4. The fraction of sp³-hybridized carbons (Fsp3) is 0.526. The molecule has 2 N–H and O–H groups in total. The number of hydrogen-bond donors (Lipinski definition) is 2. The summed E-state index contributed by atoms with van der Waals surface area (Å²) < 4.78 is 2.07. The molecule has 6 nitrogen and oxygen atoms in total. The molecule has 0 amide bonds. The average molecular weight is 505 g/mol. The number of aryl methyl sites for hydroxylation is 1. The predicted molar refractivity (Wildman–Crippen MR) is 123 cm³/mol. The third-order valence-electron chi connectivity index (χ3n) is 3.89. The summed E-state index contributed by atoms with van der Waals surface area (Å²) in [5.74, 6) is 2.37. The summed E-state index contributed by atoms with van der Waals surface area (Å²) in [5, 5.41) is 15.7. The van der Waals surface area contributed by atoms with Crippen molar-refractivity contribution in [3.05, 3.63) is 47.0 Å². The largest absolute Gasteiger partial charge is 0.356 e. The van der Waals surface area contributed by atoms with Crippen LogP contribution in [0.15, 0.2) is 35.6 Å². The van der Waals surface area contributed by atoms with Gasteiger partial charge in [-0.3, -0.25) is 4.99 Å². The van der Waals surface area contributed by atoms with Crippen LogP contribution in [0.4, 0.5) is 0 Å². The lowest BCUT2D eigenvalue weighted by Gasteiger charge is -2.14. The first kappa shape index (κ1) is 23.7. The van der Waals surface area contributed by atoms with E-state index < -0.39 is 0 Å². The molecular weight excluding hydrogens is 475 g/mol. The zero-order valence-corrected chi connectivity index (χ0v) is 19.4. The maximum absolute atomic E-state index is 5.93. The number of nitrogens with one attached hydrogen (secondary N) is 2. The van der Waals surface area contributed by atoms with E-state index in [2.05, 4.69) is 63.3 Å². The third kappa shape index (κ3) is 8.92. The first-order valence-corrected chi connectivity index (χ1v) is 9.59. The molecule has 0 atom stereocenters. The molecule has 0 bridgehead atoms. The minimum absolute atomic E-state index is 0. The summed E-state index contributed by atoms with van der Waals surface area (Å²) in [7, 11) is 0. The Morgan fingerprint density at radius 1 is 1.19 bits per heavy atom. The third-order valence-corrected chi connectivity index (χ3v) is 4.14. The van der Waals surface area contributed by atoms with Crippen molar-refractivity contribution < 1.29 is 0 Å². The van der Waals surface area contributed by atoms with Crippen LogP contribution in [0.1, 0.15) is 32.2 Å². The lowest BCUT2D eigenvalue weighted by molar-refractivity contribution is 0.623. The SMILES string of the molecule is CCc1nncn1CCNC(=NCC(C)C)NCCc1ccc(Cl)cc1.I. The Hall–Kier alpha value is -1.35. The fourth-order valence-corrected chi connectivity index (χ4v) is 2.58. The van der Waals surface area contributed by atoms with Crippen LogP contribution in [0.5, 0.6) is 0 Å². The van der Waals surface area contributed by atoms with Gasteiger partial charge in [0.05, 0.1) is 0 Å². The number of rotatable bonds is 9. The fourth-order valence-electron chi connectivity index (χ4n) is 2.46. The van der Waals surface area contributed by atoms with Crippen LogP contribution >= 0.6 is 35.6 Å². The minimum Gasteiger partial charge on any atom is -0.356 e. The molecule has 150 valence electrons. The van der Waals surface area contributed by atoms with Gasteiger partial charge in [0.1, 0.15) is 12.2 Å². The molecule has 0 unspecified atom stereocenters. The zero-order chi connectivity index (χ0) is 18.8. The molecule has 2 rings (SSSR count). The topological polar surface area (TPSA) is 67.1 Å². The van der Waals surface area contributed by atoms with Crippen molar-refractivity contribution in [2.24, 2.45) is 10.9 Å². The molecule has 1 aromatic carbocycles. The molecule has 1 aromatic heterocycles. The summed E-state index contributed by atoms with van der Waals surface area (Å²) in [4.78, 5) is 4.66. The average Bonchev–Trinajstić information content (AvgIpc) is 3.08. The van der Waals surface area contributed by atoms with Gasteiger partial charge in [0.15, 0.2) is 5.96 Å². The van der Waals surface area contributed by atoms with Gasteiger partial charge in [-0.15, -0.1) is 34.2 Å². The molecule has 0 aliphatic heterocycles. The second-order valence-corrected chi connectivity index (χ2v) is 7.04. The number of hydrogen-bond acceptors (Lipinski definition) is 3. The van der Waals surface area contributed by atoms with Crippen molar-refractivity contribution in [2.45, 2.75) is 40.2 Å². The molecule has 2 aromatic rings. The maximum atomic E-state index is 5.93. The van der Waals surface area contributed by atoms with E-state index in [1.54, 1.807) is 6.33 Å². The number of benzene rings is 1. The first-order chi connectivity index (χ1) is 12.6. The second-order valence-electron chi connectivity index (χ2n) is 6.61. The van der Waals surface area contributed by atoms with Crippen LogP contribution in [0.2, 0.25) is 5.02 Å². The van der Waals surface area contributed by atoms with Gasteiger partial charge in [-0.25, -0.2) is 0 Å². The van der Waals surface area contributed by atoms with Crippen LogP contribution in [-0.4, -0.2) is 40.4 Å². The van der Waals surface area contributed by atoms with E-state index in [9.17, 15) is 0 Å². The number of halogens is 2. The highest BCUT2D eigenvalue weighted by Crippen LogP contribution is 2.09. The Morgan fingerprint density at radius 3 is 2.56 bits per heavy atom. The van der Waals surface area contributed by atoms with E-state index >= 15 is 0 Å². The van der Waals surface area contributed by atoms with Crippen molar-refractivity contribution in [3.63, 3.8) is 0 Å². The van der Waals surface area contributed by atoms with Crippen LogP contribution in [-0.2, 0) is 19.4 Å². The zero-order valence-electron chi connectivity index (χ0n) is 16.3. The van der Waals surface area contributed by atoms with Crippen molar-refractivity contribution in [2.75, 3.05) is 19.6 Å². The number of guanidine groups is 1. The van der Waals surface area contributed by atoms with Crippen LogP contribution in [0.3, 0.4) is 0 Å². The molecular formula is C19H30ClIN6. The van der Waals surface area contributed by atoms with Gasteiger partial charge in [0.2, 0.25) is 0 Å². The van der Waals surface area contributed by atoms with Crippen molar-refractivity contribution >= 4 is 41.5 Å². The van der Waals surface area contributed by atoms with Gasteiger partial charge in [0, 0.05) is 37.6 Å². The maximum Gasteiger partial charge on any atom is 0.191 e. The highest BCUT2D eigenvalue weighted by atomic mass is 127. The summed E-state index contributed by atoms with van der Waals surface area (Å²) >= 11 is 5.93. The van der Waals surface area contributed by atoms with Crippen LogP contribution in [0, 0.1) is 5.92 Å². The lowest BCUT2D eigenvalue weighted by atomic mass is 10.1. The predicted octanol–water partition coefficient (Wildman–Crippen LogP) is 3.55. The first-order valence-electron chi connectivity index (χ1n) is 9.21. The molecule has 0 saturated heterocycles. The van der Waals surface area contributed by atoms with Gasteiger partial charge < -0.3 is 15.2 Å². The monoisotopic (exact) mass is 504 g/mol. The smallest absolute Gasteiger partial charge is 0.191 e. The Labute approximate surface area is 184 Å². The van der Waals surface area contributed by atoms with Crippen LogP contribution in [0.25, 0.3) is 0 Å². The van der Waals surface area contributed by atoms with Gasteiger partial charge in [-0.05, 0) is 30.0 Å². The summed E-state index contributed by atoms with van der Waals surface area (Å²) in [6, 6.07) is 7.96. The van der Waals surface area contributed by atoms with Crippen LogP contribution < -0.4 is 10.6 Å². The summed E-state index contributed by atoms with van der Waals surface area (Å²) in [6.45, 7) is 9.62. The Balaban J connectivity index is 0.00000364. The molecule has 27 heavy (non-hydrogen) atoms. The van der Waals surface area contributed by atoms with E-state index in [-0.39, 0.29) is 24.0 Å². The quantitative estimate of drug-likeness (QED) is 0.311. The highest BCUT2D eigenvalue weighted by molar-refractivity contribution is 14.0. The van der Waals surface area contributed by atoms with Gasteiger partial charge in [0.25, 0.3) is 0 Å².